The summed E-state index contributed by atoms with van der Waals surface area (Å²) in [7, 11) is 4.20. The van der Waals surface area contributed by atoms with Crippen LogP contribution in [0.4, 0.5) is 5.69 Å². The molecule has 0 unspecified atom stereocenters. The number of piperazine rings is 1. The Kier molecular flexibility index (Phi) is 6.64. The molecule has 4 nitrogen and oxygen atoms in total. The molecule has 1 aliphatic rings. The number of aryl methyl sites for hydroxylation is 1. The average Bonchev–Trinajstić information content (AvgIpc) is 2.65. The maximum atomic E-state index is 12.9. The number of para-hydroxylation sites is 1. The number of carbonyl (C=O) groups excluding carboxylic acids is 1. The van der Waals surface area contributed by atoms with Gasteiger partial charge in [0, 0.05) is 24.8 Å². The molecule has 1 atom stereocenters. The van der Waals surface area contributed by atoms with Gasteiger partial charge in [0.15, 0.2) is 0 Å². The molecular weight excluding hydrogens is 334 g/mol. The smallest absolute Gasteiger partial charge is 0.241 e. The first-order valence-electron chi connectivity index (χ1n) is 9.83. The normalized spacial score (nSPS) is 18.3. The Bertz CT molecular complexity index is 744. The summed E-state index contributed by atoms with van der Waals surface area (Å²) in [5.74, 6) is 0.207. The van der Waals surface area contributed by atoms with E-state index in [0.717, 1.165) is 43.7 Å². The molecule has 1 fully saturated rings. The second-order valence-electron chi connectivity index (χ2n) is 7.76. The molecule has 1 amide bonds. The van der Waals surface area contributed by atoms with E-state index >= 15 is 0 Å². The minimum Gasteiger partial charge on any atom is -0.309 e. The number of carbonyl (C=O) groups is 1. The van der Waals surface area contributed by atoms with E-state index < -0.39 is 0 Å². The third kappa shape index (κ3) is 5.18. The molecular formula is C23H31N3O. The zero-order valence-electron chi connectivity index (χ0n) is 16.8. The van der Waals surface area contributed by atoms with Gasteiger partial charge < -0.3 is 9.80 Å². The van der Waals surface area contributed by atoms with Crippen LogP contribution in [0.25, 0.3) is 0 Å². The van der Waals surface area contributed by atoms with Crippen LogP contribution in [0.2, 0.25) is 0 Å². The third-order valence-corrected chi connectivity index (χ3v) is 5.32. The lowest BCUT2D eigenvalue weighted by Gasteiger charge is -2.41. The van der Waals surface area contributed by atoms with Gasteiger partial charge in [-0.3, -0.25) is 9.69 Å². The Morgan fingerprint density at radius 2 is 1.74 bits per heavy atom. The zero-order chi connectivity index (χ0) is 19.2. The van der Waals surface area contributed by atoms with Gasteiger partial charge in [-0.05, 0) is 57.6 Å². The first-order valence-corrected chi connectivity index (χ1v) is 9.83. The van der Waals surface area contributed by atoms with Crippen molar-refractivity contribution in [3.8, 4) is 0 Å². The molecule has 2 aromatic rings. The summed E-state index contributed by atoms with van der Waals surface area (Å²) in [5.41, 5.74) is 3.54. The number of anilines is 1. The monoisotopic (exact) mass is 365 g/mol. The van der Waals surface area contributed by atoms with Crippen LogP contribution < -0.4 is 4.90 Å². The van der Waals surface area contributed by atoms with Crippen LogP contribution in [0.3, 0.4) is 0 Å². The predicted molar refractivity (Wildman–Crippen MR) is 112 cm³/mol. The molecule has 1 heterocycles. The summed E-state index contributed by atoms with van der Waals surface area (Å²) in [4.78, 5) is 19.5. The first-order chi connectivity index (χ1) is 13.0. The highest BCUT2D eigenvalue weighted by molar-refractivity contribution is 5.96. The molecule has 1 aliphatic heterocycles. The maximum Gasteiger partial charge on any atom is 0.241 e. The molecule has 2 aromatic carbocycles. The minimum absolute atomic E-state index is 0.207. The van der Waals surface area contributed by atoms with Crippen LogP contribution in [0.5, 0.6) is 0 Å². The fourth-order valence-corrected chi connectivity index (χ4v) is 3.85. The number of benzene rings is 2. The van der Waals surface area contributed by atoms with Crippen molar-refractivity contribution in [3.05, 3.63) is 65.7 Å². The number of nitrogens with zero attached hydrogens (tertiary/aromatic N) is 3. The molecule has 4 heteroatoms. The van der Waals surface area contributed by atoms with Gasteiger partial charge in [-0.1, -0.05) is 48.5 Å². The minimum atomic E-state index is 0.207. The largest absolute Gasteiger partial charge is 0.309 e. The van der Waals surface area contributed by atoms with E-state index in [2.05, 4.69) is 73.3 Å². The second kappa shape index (κ2) is 9.16. The summed E-state index contributed by atoms with van der Waals surface area (Å²) < 4.78 is 0. The van der Waals surface area contributed by atoms with Crippen molar-refractivity contribution in [3.63, 3.8) is 0 Å². The number of hydrogen-bond donors (Lipinski definition) is 0. The summed E-state index contributed by atoms with van der Waals surface area (Å²) in [6, 6.07) is 19.2. The van der Waals surface area contributed by atoms with E-state index in [4.69, 9.17) is 0 Å². The van der Waals surface area contributed by atoms with E-state index in [0.29, 0.717) is 12.6 Å². The third-order valence-electron chi connectivity index (χ3n) is 5.32. The van der Waals surface area contributed by atoms with Crippen molar-refractivity contribution in [1.29, 1.82) is 0 Å². The fourth-order valence-electron chi connectivity index (χ4n) is 3.85. The van der Waals surface area contributed by atoms with Crippen molar-refractivity contribution in [2.45, 2.75) is 25.8 Å². The number of rotatable bonds is 7. The Morgan fingerprint density at radius 1 is 1.04 bits per heavy atom. The van der Waals surface area contributed by atoms with Crippen LogP contribution in [0.1, 0.15) is 17.5 Å². The first kappa shape index (κ1) is 19.6. The standard InChI is InChI=1S/C23H31N3O/c1-19-10-7-8-13-22(19)26-17-21(16-20-11-5-4-6-12-20)25(18-23(26)27)15-9-14-24(2)3/h4-8,10-13,21H,9,14-18H2,1-3H3/t21-/m0/s1. The van der Waals surface area contributed by atoms with Gasteiger partial charge in [0.05, 0.1) is 6.54 Å². The van der Waals surface area contributed by atoms with Gasteiger partial charge in [-0.2, -0.15) is 0 Å². The zero-order valence-corrected chi connectivity index (χ0v) is 16.8. The molecule has 0 spiro atoms. The topological polar surface area (TPSA) is 26.8 Å². The van der Waals surface area contributed by atoms with Gasteiger partial charge in [0.1, 0.15) is 0 Å². The van der Waals surface area contributed by atoms with E-state index in [1.54, 1.807) is 0 Å². The van der Waals surface area contributed by atoms with Gasteiger partial charge >= 0.3 is 0 Å². The van der Waals surface area contributed by atoms with Crippen LogP contribution in [-0.2, 0) is 11.2 Å². The van der Waals surface area contributed by atoms with Gasteiger partial charge in [0.25, 0.3) is 0 Å². The molecule has 0 radical (unpaired) electrons. The lowest BCUT2D eigenvalue weighted by molar-refractivity contribution is -0.122. The van der Waals surface area contributed by atoms with Crippen molar-refractivity contribution in [2.24, 2.45) is 0 Å². The summed E-state index contributed by atoms with van der Waals surface area (Å²) in [5, 5.41) is 0. The lowest BCUT2D eigenvalue weighted by atomic mass is 10.0. The second-order valence-corrected chi connectivity index (χ2v) is 7.76. The molecule has 0 aliphatic carbocycles. The number of hydrogen-bond acceptors (Lipinski definition) is 3. The van der Waals surface area contributed by atoms with Crippen molar-refractivity contribution < 1.29 is 4.79 Å². The fraction of sp³-hybridized carbons (Fsp3) is 0.435. The van der Waals surface area contributed by atoms with Gasteiger partial charge in [-0.25, -0.2) is 0 Å². The van der Waals surface area contributed by atoms with Crippen LogP contribution >= 0.6 is 0 Å². The van der Waals surface area contributed by atoms with Crippen LogP contribution in [0.15, 0.2) is 54.6 Å². The SMILES string of the molecule is Cc1ccccc1N1C[C@H](Cc2ccccc2)N(CCCN(C)C)CC1=O. The molecule has 0 bridgehead atoms. The van der Waals surface area contributed by atoms with Gasteiger partial charge in [0.2, 0.25) is 5.91 Å². The summed E-state index contributed by atoms with van der Waals surface area (Å²) in [6.45, 7) is 5.34. The van der Waals surface area contributed by atoms with Crippen molar-refractivity contribution in [2.75, 3.05) is 45.2 Å². The highest BCUT2D eigenvalue weighted by Crippen LogP contribution is 2.25. The Morgan fingerprint density at radius 3 is 2.44 bits per heavy atom. The van der Waals surface area contributed by atoms with E-state index in [9.17, 15) is 4.79 Å². The van der Waals surface area contributed by atoms with Crippen molar-refractivity contribution in [1.82, 2.24) is 9.80 Å². The molecule has 144 valence electrons. The Labute approximate surface area is 163 Å². The molecule has 3 rings (SSSR count). The summed E-state index contributed by atoms with van der Waals surface area (Å²) in [6.07, 6.45) is 2.05. The molecule has 0 aromatic heterocycles. The van der Waals surface area contributed by atoms with Gasteiger partial charge in [-0.15, -0.1) is 0 Å². The highest BCUT2D eigenvalue weighted by atomic mass is 16.2. The lowest BCUT2D eigenvalue weighted by Crippen LogP contribution is -2.57. The van der Waals surface area contributed by atoms with Crippen LogP contribution in [-0.4, -0.2) is 62.0 Å². The Balaban J connectivity index is 1.78. The van der Waals surface area contributed by atoms with Crippen LogP contribution in [0, 0.1) is 6.92 Å². The predicted octanol–water partition coefficient (Wildman–Crippen LogP) is 3.21. The Hall–Kier alpha value is -2.17. The van der Waals surface area contributed by atoms with Crippen molar-refractivity contribution >= 4 is 11.6 Å². The van der Waals surface area contributed by atoms with E-state index in [-0.39, 0.29) is 5.91 Å². The molecule has 0 N–H and O–H groups in total. The highest BCUT2D eigenvalue weighted by Gasteiger charge is 2.33. The maximum absolute atomic E-state index is 12.9. The van der Waals surface area contributed by atoms with E-state index in [1.165, 1.54) is 5.56 Å². The van der Waals surface area contributed by atoms with E-state index in [1.807, 2.05) is 17.0 Å². The summed E-state index contributed by atoms with van der Waals surface area (Å²) >= 11 is 0. The quantitative estimate of drug-likeness (QED) is 0.754. The molecule has 27 heavy (non-hydrogen) atoms. The number of amides is 1. The molecule has 1 saturated heterocycles. The molecule has 0 saturated carbocycles. The average molecular weight is 366 g/mol.